The number of fused-ring (bicyclic) bond motifs is 1. The second-order valence-corrected chi connectivity index (χ2v) is 10.0. The highest BCUT2D eigenvalue weighted by Crippen LogP contribution is 2.21. The largest absolute Gasteiger partial charge is 0.491 e. The first-order valence-electron chi connectivity index (χ1n) is 12.7. The van der Waals surface area contributed by atoms with Crippen LogP contribution in [0, 0.1) is 11.8 Å². The summed E-state index contributed by atoms with van der Waals surface area (Å²) in [5.74, 6) is -0.950. The molecule has 2 aliphatic heterocycles. The van der Waals surface area contributed by atoms with Crippen LogP contribution in [0.25, 0.3) is 0 Å². The predicted molar refractivity (Wildman–Crippen MR) is 133 cm³/mol. The lowest BCUT2D eigenvalue weighted by Gasteiger charge is -2.34. The minimum atomic E-state index is -1.10. The minimum absolute atomic E-state index is 0.0705. The molecule has 0 aliphatic carbocycles. The summed E-state index contributed by atoms with van der Waals surface area (Å²) in [4.78, 5) is 56.0. The Morgan fingerprint density at radius 2 is 1.81 bits per heavy atom. The predicted octanol–water partition coefficient (Wildman–Crippen LogP) is 0.788. The van der Waals surface area contributed by atoms with Gasteiger partial charge in [-0.15, -0.1) is 0 Å². The van der Waals surface area contributed by atoms with Crippen LogP contribution in [0.15, 0.2) is 24.3 Å². The van der Waals surface area contributed by atoms with Crippen molar-refractivity contribution in [1.82, 2.24) is 20.4 Å². The van der Waals surface area contributed by atoms with Crippen molar-refractivity contribution in [3.05, 3.63) is 29.8 Å². The Kier molecular flexibility index (Phi) is 9.69. The number of hydrogen-bond acceptors (Lipinski definition) is 6. The molecule has 2 aliphatic rings. The number of likely N-dealkylation sites (N-methyl/N-ethyl adjacent to an activating group) is 1. The fourth-order valence-corrected chi connectivity index (χ4v) is 4.57. The van der Waals surface area contributed by atoms with E-state index >= 15 is 0 Å². The van der Waals surface area contributed by atoms with Crippen LogP contribution in [0.5, 0.6) is 5.75 Å². The zero-order valence-electron chi connectivity index (χ0n) is 21.4. The maximum atomic E-state index is 13.4. The smallest absolute Gasteiger partial charge is 0.255 e. The summed E-state index contributed by atoms with van der Waals surface area (Å²) in [6, 6.07) is 4.84. The van der Waals surface area contributed by atoms with E-state index in [1.165, 1.54) is 4.90 Å². The molecule has 2 atom stereocenters. The highest BCUT2D eigenvalue weighted by atomic mass is 16.5. The number of benzene rings is 1. The van der Waals surface area contributed by atoms with Crippen LogP contribution in [0.4, 0.5) is 0 Å². The fourth-order valence-electron chi connectivity index (χ4n) is 4.57. The average molecular weight is 503 g/mol. The number of carbonyl (C=O) groups excluding carboxylic acids is 4. The molecular weight excluding hydrogens is 464 g/mol. The molecule has 198 valence electrons. The summed E-state index contributed by atoms with van der Waals surface area (Å²) in [5.41, 5.74) is 0.249. The van der Waals surface area contributed by atoms with Gasteiger partial charge in [0.15, 0.2) is 0 Å². The standard InChI is InChI=1S/C26H38N4O6/c1-17(2)14-20-25(34)29(3)12-13-36-22-7-5-4-6-19(22)24(33)28-21(15-23(32)27-20)26(35)30-10-8-18(16-31)9-11-30/h4-7,17-18,20-21,31H,8-16H2,1-3H3,(H,27,32)(H,28,33)/t20-,21+/m1/s1. The molecular formula is C26H38N4O6. The maximum Gasteiger partial charge on any atom is 0.255 e. The van der Waals surface area contributed by atoms with Crippen LogP contribution in [-0.4, -0.2) is 90.5 Å². The van der Waals surface area contributed by atoms with E-state index in [-0.39, 0.29) is 55.4 Å². The minimum Gasteiger partial charge on any atom is -0.491 e. The van der Waals surface area contributed by atoms with Crippen LogP contribution in [0.2, 0.25) is 0 Å². The molecule has 10 nitrogen and oxygen atoms in total. The van der Waals surface area contributed by atoms with Crippen molar-refractivity contribution in [2.75, 3.05) is 39.9 Å². The van der Waals surface area contributed by atoms with Gasteiger partial charge in [0.1, 0.15) is 24.4 Å². The number of aliphatic hydroxyl groups excluding tert-OH is 1. The molecule has 0 saturated carbocycles. The van der Waals surface area contributed by atoms with Gasteiger partial charge in [-0.25, -0.2) is 0 Å². The van der Waals surface area contributed by atoms with Crippen molar-refractivity contribution in [3.8, 4) is 5.75 Å². The lowest BCUT2D eigenvalue weighted by Crippen LogP contribution is -2.54. The molecule has 10 heteroatoms. The topological polar surface area (TPSA) is 128 Å². The maximum absolute atomic E-state index is 13.4. The molecule has 4 amide bonds. The number of hydrogen-bond donors (Lipinski definition) is 3. The number of likely N-dealkylation sites (tertiary alicyclic amines) is 1. The lowest BCUT2D eigenvalue weighted by molar-refractivity contribution is -0.138. The quantitative estimate of drug-likeness (QED) is 0.559. The number of rotatable bonds is 4. The van der Waals surface area contributed by atoms with Gasteiger partial charge in [0.2, 0.25) is 17.7 Å². The monoisotopic (exact) mass is 502 g/mol. The molecule has 1 saturated heterocycles. The van der Waals surface area contributed by atoms with Crippen molar-refractivity contribution >= 4 is 23.6 Å². The molecule has 1 fully saturated rings. The third kappa shape index (κ3) is 7.19. The van der Waals surface area contributed by atoms with Crippen molar-refractivity contribution in [1.29, 1.82) is 0 Å². The van der Waals surface area contributed by atoms with Gasteiger partial charge in [-0.2, -0.15) is 0 Å². The van der Waals surface area contributed by atoms with E-state index in [0.29, 0.717) is 38.1 Å². The number of amides is 4. The molecule has 0 bridgehead atoms. The zero-order chi connectivity index (χ0) is 26.2. The lowest BCUT2D eigenvalue weighted by atomic mass is 9.97. The second-order valence-electron chi connectivity index (χ2n) is 10.0. The number of ether oxygens (including phenoxy) is 1. The van der Waals surface area contributed by atoms with Crippen molar-refractivity contribution in [2.45, 2.75) is 51.6 Å². The molecule has 2 heterocycles. The van der Waals surface area contributed by atoms with Gasteiger partial charge in [0, 0.05) is 26.7 Å². The number of piperidine rings is 1. The van der Waals surface area contributed by atoms with E-state index in [1.807, 2.05) is 13.8 Å². The molecule has 3 rings (SSSR count). The molecule has 1 aromatic carbocycles. The van der Waals surface area contributed by atoms with Crippen LogP contribution in [-0.2, 0) is 14.4 Å². The number of carbonyl (C=O) groups is 4. The highest BCUT2D eigenvalue weighted by molar-refractivity contribution is 6.01. The molecule has 0 spiro atoms. The summed E-state index contributed by atoms with van der Waals surface area (Å²) in [7, 11) is 1.65. The Morgan fingerprint density at radius 3 is 2.47 bits per heavy atom. The van der Waals surface area contributed by atoms with Crippen LogP contribution < -0.4 is 15.4 Å². The first-order chi connectivity index (χ1) is 17.2. The van der Waals surface area contributed by atoms with Crippen LogP contribution >= 0.6 is 0 Å². The van der Waals surface area contributed by atoms with E-state index in [9.17, 15) is 24.3 Å². The van der Waals surface area contributed by atoms with Gasteiger partial charge < -0.3 is 30.3 Å². The van der Waals surface area contributed by atoms with E-state index in [1.54, 1.807) is 36.2 Å². The van der Waals surface area contributed by atoms with Gasteiger partial charge in [-0.05, 0) is 43.2 Å². The van der Waals surface area contributed by atoms with Gasteiger partial charge >= 0.3 is 0 Å². The molecule has 0 unspecified atom stereocenters. The Morgan fingerprint density at radius 1 is 1.11 bits per heavy atom. The van der Waals surface area contributed by atoms with Crippen molar-refractivity contribution < 1.29 is 29.0 Å². The van der Waals surface area contributed by atoms with Crippen LogP contribution in [0.3, 0.4) is 0 Å². The third-order valence-corrected chi connectivity index (χ3v) is 6.71. The number of para-hydroxylation sites is 1. The van der Waals surface area contributed by atoms with E-state index in [2.05, 4.69) is 10.6 Å². The number of nitrogens with zero attached hydrogens (tertiary/aromatic N) is 2. The summed E-state index contributed by atoms with van der Waals surface area (Å²) in [5, 5.41) is 15.0. The summed E-state index contributed by atoms with van der Waals surface area (Å²) in [6.07, 6.45) is 1.46. The Balaban J connectivity index is 1.89. The summed E-state index contributed by atoms with van der Waals surface area (Å²) in [6.45, 7) is 5.33. The SMILES string of the molecule is CC(C)C[C@H]1NC(=O)C[C@@H](C(=O)N2CCC(CO)CC2)NC(=O)c2ccccc2OCCN(C)C1=O. The normalized spacial score (nSPS) is 22.9. The van der Waals surface area contributed by atoms with Gasteiger partial charge in [0.25, 0.3) is 5.91 Å². The molecule has 0 radical (unpaired) electrons. The first kappa shape index (κ1) is 27.4. The summed E-state index contributed by atoms with van der Waals surface area (Å²) >= 11 is 0. The zero-order valence-corrected chi connectivity index (χ0v) is 21.4. The first-order valence-corrected chi connectivity index (χ1v) is 12.7. The molecule has 1 aromatic rings. The molecule has 36 heavy (non-hydrogen) atoms. The summed E-state index contributed by atoms with van der Waals surface area (Å²) < 4.78 is 5.83. The Labute approximate surface area is 212 Å². The van der Waals surface area contributed by atoms with Gasteiger partial charge in [0.05, 0.1) is 18.5 Å². The molecule has 3 N–H and O–H groups in total. The Hall–Kier alpha value is -3.14. The Bertz CT molecular complexity index is 944. The van der Waals surface area contributed by atoms with E-state index in [0.717, 1.165) is 0 Å². The third-order valence-electron chi connectivity index (χ3n) is 6.71. The van der Waals surface area contributed by atoms with Crippen LogP contribution in [0.1, 0.15) is 49.9 Å². The van der Waals surface area contributed by atoms with Crippen molar-refractivity contribution in [3.63, 3.8) is 0 Å². The number of aliphatic hydroxyl groups is 1. The van der Waals surface area contributed by atoms with Gasteiger partial charge in [-0.3, -0.25) is 19.2 Å². The highest BCUT2D eigenvalue weighted by Gasteiger charge is 2.33. The second kappa shape index (κ2) is 12.7. The average Bonchev–Trinajstić information content (AvgIpc) is 2.86. The number of nitrogens with one attached hydrogen (secondary N) is 2. The van der Waals surface area contributed by atoms with Gasteiger partial charge in [-0.1, -0.05) is 26.0 Å². The van der Waals surface area contributed by atoms with E-state index < -0.39 is 23.9 Å². The van der Waals surface area contributed by atoms with E-state index in [4.69, 9.17) is 4.74 Å². The fraction of sp³-hybridized carbons (Fsp3) is 0.615. The molecule has 0 aromatic heterocycles. The van der Waals surface area contributed by atoms with Crippen molar-refractivity contribution in [2.24, 2.45) is 11.8 Å².